The minimum absolute atomic E-state index is 0.332. The number of nitrogens with one attached hydrogen (secondary N) is 3. The number of benzene rings is 4. The maximum Gasteiger partial charge on any atom is 0.323 e. The van der Waals surface area contributed by atoms with Gasteiger partial charge in [0, 0.05) is 22.5 Å². The molecule has 2 aromatic heterocycles. The lowest BCUT2D eigenvalue weighted by Gasteiger charge is -2.11. The zero-order valence-corrected chi connectivity index (χ0v) is 20.8. The number of ether oxygens (including phenoxy) is 1. The molecule has 5 N–H and O–H groups in total. The van der Waals surface area contributed by atoms with E-state index in [-0.39, 0.29) is 6.03 Å². The second kappa shape index (κ2) is 10.4. The molecule has 8 heteroatoms. The van der Waals surface area contributed by atoms with Gasteiger partial charge in [-0.3, -0.25) is 5.10 Å². The number of fused-ring (bicyclic) bond motifs is 1. The van der Waals surface area contributed by atoms with E-state index in [1.807, 2.05) is 115 Å². The zero-order valence-electron chi connectivity index (χ0n) is 20.8. The lowest BCUT2D eigenvalue weighted by molar-refractivity contribution is 0.262. The minimum atomic E-state index is -0.332. The van der Waals surface area contributed by atoms with Crippen molar-refractivity contribution in [2.75, 3.05) is 16.4 Å². The lowest BCUT2D eigenvalue weighted by atomic mass is 10.0. The number of carbonyl (C=O) groups is 1. The molecule has 2 amide bonds. The van der Waals surface area contributed by atoms with Crippen LogP contribution in [0.2, 0.25) is 0 Å². The van der Waals surface area contributed by atoms with Crippen LogP contribution in [0.4, 0.5) is 22.0 Å². The molecule has 0 spiro atoms. The van der Waals surface area contributed by atoms with Crippen LogP contribution in [0, 0.1) is 0 Å². The molecular weight excluding hydrogens is 488 g/mol. The Balaban J connectivity index is 1.30. The van der Waals surface area contributed by atoms with E-state index in [4.69, 9.17) is 15.5 Å². The van der Waals surface area contributed by atoms with E-state index >= 15 is 0 Å². The highest BCUT2D eigenvalue weighted by Gasteiger charge is 2.15. The summed E-state index contributed by atoms with van der Waals surface area (Å²) in [6.07, 6.45) is 0. The molecular formula is C31H24N6O2. The fourth-order valence-electron chi connectivity index (χ4n) is 4.30. The Morgan fingerprint density at radius 2 is 1.38 bits per heavy atom. The number of hydrogen-bond acceptors (Lipinski definition) is 5. The average molecular weight is 513 g/mol. The van der Waals surface area contributed by atoms with Gasteiger partial charge >= 0.3 is 6.03 Å². The van der Waals surface area contributed by atoms with E-state index in [1.165, 1.54) is 0 Å². The molecule has 39 heavy (non-hydrogen) atoms. The number of pyridine rings is 1. The quantitative estimate of drug-likeness (QED) is 0.187. The number of aromatic amines is 1. The molecule has 6 aromatic rings. The number of nitrogens with zero attached hydrogens (tertiary/aromatic N) is 2. The van der Waals surface area contributed by atoms with E-state index in [1.54, 1.807) is 0 Å². The van der Waals surface area contributed by atoms with Gasteiger partial charge in [0.05, 0.1) is 22.3 Å². The fraction of sp³-hybridized carbons (Fsp3) is 0. The second-order valence-electron chi connectivity index (χ2n) is 8.85. The van der Waals surface area contributed by atoms with Crippen LogP contribution in [-0.2, 0) is 0 Å². The van der Waals surface area contributed by atoms with Gasteiger partial charge in [-0.25, -0.2) is 9.78 Å². The van der Waals surface area contributed by atoms with E-state index in [2.05, 4.69) is 20.8 Å². The van der Waals surface area contributed by atoms with Gasteiger partial charge in [0.25, 0.3) is 0 Å². The summed E-state index contributed by atoms with van der Waals surface area (Å²) in [4.78, 5) is 17.5. The molecule has 0 unspecified atom stereocenters. The SMILES string of the molecule is Nc1n[nH]c2cc(-c3cccc(NC(=O)Nc4ccccc4)c3)nc(-c3ccc(Oc4ccccc4)cc3)c12. The van der Waals surface area contributed by atoms with Crippen molar-refractivity contribution in [3.05, 3.63) is 115 Å². The smallest absolute Gasteiger partial charge is 0.323 e. The largest absolute Gasteiger partial charge is 0.457 e. The van der Waals surface area contributed by atoms with Crippen molar-refractivity contribution in [1.82, 2.24) is 15.2 Å². The highest BCUT2D eigenvalue weighted by Crippen LogP contribution is 2.35. The Bertz CT molecular complexity index is 1750. The second-order valence-corrected chi connectivity index (χ2v) is 8.85. The Kier molecular flexibility index (Phi) is 6.33. The van der Waals surface area contributed by atoms with Crippen molar-refractivity contribution in [2.24, 2.45) is 0 Å². The van der Waals surface area contributed by atoms with Gasteiger partial charge in [-0.15, -0.1) is 0 Å². The number of hydrogen-bond donors (Lipinski definition) is 4. The van der Waals surface area contributed by atoms with Gasteiger partial charge in [0.1, 0.15) is 11.5 Å². The summed E-state index contributed by atoms with van der Waals surface area (Å²) < 4.78 is 5.94. The zero-order chi connectivity index (χ0) is 26.6. The van der Waals surface area contributed by atoms with Crippen LogP contribution in [0.3, 0.4) is 0 Å². The standard InChI is InChI=1S/C31H24N6O2/c32-30-28-27(36-37-30)19-26(21-8-7-11-23(18-21)34-31(38)33-22-9-3-1-4-10-22)35-29(28)20-14-16-25(17-15-20)39-24-12-5-2-6-13-24/h1-19H,(H3,32,36,37)(H2,33,34,38). The van der Waals surface area contributed by atoms with Crippen LogP contribution in [0.1, 0.15) is 0 Å². The van der Waals surface area contributed by atoms with Crippen molar-refractivity contribution in [3.63, 3.8) is 0 Å². The summed E-state index contributed by atoms with van der Waals surface area (Å²) >= 11 is 0. The molecule has 0 aliphatic heterocycles. The number of rotatable bonds is 6. The van der Waals surface area contributed by atoms with E-state index in [0.717, 1.165) is 27.8 Å². The number of H-pyrrole nitrogens is 1. The number of anilines is 3. The van der Waals surface area contributed by atoms with Crippen LogP contribution >= 0.6 is 0 Å². The first kappa shape index (κ1) is 23.7. The number of aromatic nitrogens is 3. The van der Waals surface area contributed by atoms with E-state index in [0.29, 0.717) is 34.3 Å². The predicted octanol–water partition coefficient (Wildman–Crippen LogP) is 7.31. The monoisotopic (exact) mass is 512 g/mol. The summed E-state index contributed by atoms with van der Waals surface area (Å²) in [5, 5.41) is 13.7. The molecule has 0 fully saturated rings. The predicted molar refractivity (Wildman–Crippen MR) is 155 cm³/mol. The maximum absolute atomic E-state index is 12.5. The maximum atomic E-state index is 12.5. The Labute approximate surface area is 224 Å². The van der Waals surface area contributed by atoms with Crippen LogP contribution in [-0.4, -0.2) is 21.2 Å². The van der Waals surface area contributed by atoms with Crippen LogP contribution in [0.15, 0.2) is 115 Å². The average Bonchev–Trinajstić information content (AvgIpc) is 3.35. The third-order valence-electron chi connectivity index (χ3n) is 6.13. The molecule has 0 aliphatic rings. The molecule has 8 nitrogen and oxygen atoms in total. The van der Waals surface area contributed by atoms with Crippen molar-refractivity contribution in [3.8, 4) is 34.0 Å². The van der Waals surface area contributed by atoms with Gasteiger partial charge in [0.15, 0.2) is 5.82 Å². The third kappa shape index (κ3) is 5.26. The van der Waals surface area contributed by atoms with Gasteiger partial charge in [0.2, 0.25) is 0 Å². The van der Waals surface area contributed by atoms with Gasteiger partial charge < -0.3 is 21.1 Å². The summed E-state index contributed by atoms with van der Waals surface area (Å²) in [6, 6.07) is 35.7. The lowest BCUT2D eigenvalue weighted by Crippen LogP contribution is -2.19. The topological polar surface area (TPSA) is 118 Å². The van der Waals surface area contributed by atoms with Gasteiger partial charge in [-0.05, 0) is 66.7 Å². The number of para-hydroxylation sites is 2. The number of nitrogen functional groups attached to an aromatic ring is 1. The van der Waals surface area contributed by atoms with Gasteiger partial charge in [-0.1, -0.05) is 48.5 Å². The first-order valence-corrected chi connectivity index (χ1v) is 12.3. The number of nitrogens with two attached hydrogens (primary N) is 1. The molecule has 0 bridgehead atoms. The normalized spacial score (nSPS) is 10.8. The minimum Gasteiger partial charge on any atom is -0.457 e. The molecule has 2 heterocycles. The first-order valence-electron chi connectivity index (χ1n) is 12.3. The number of urea groups is 1. The Morgan fingerprint density at radius 3 is 2.15 bits per heavy atom. The molecule has 4 aromatic carbocycles. The number of amides is 2. The Morgan fingerprint density at radius 1 is 0.718 bits per heavy atom. The van der Waals surface area contributed by atoms with Crippen molar-refractivity contribution < 1.29 is 9.53 Å². The summed E-state index contributed by atoms with van der Waals surface area (Å²) in [7, 11) is 0. The van der Waals surface area contributed by atoms with E-state index < -0.39 is 0 Å². The molecule has 190 valence electrons. The van der Waals surface area contributed by atoms with Crippen LogP contribution < -0.4 is 21.1 Å². The molecule has 0 radical (unpaired) electrons. The third-order valence-corrected chi connectivity index (χ3v) is 6.13. The van der Waals surface area contributed by atoms with E-state index in [9.17, 15) is 4.79 Å². The van der Waals surface area contributed by atoms with Crippen molar-refractivity contribution >= 4 is 34.1 Å². The molecule has 6 rings (SSSR count). The summed E-state index contributed by atoms with van der Waals surface area (Å²) in [5.41, 5.74) is 11.4. The molecule has 0 saturated carbocycles. The number of carbonyl (C=O) groups excluding carboxylic acids is 1. The highest BCUT2D eigenvalue weighted by atomic mass is 16.5. The van der Waals surface area contributed by atoms with Gasteiger partial charge in [-0.2, -0.15) is 5.10 Å². The Hall–Kier alpha value is -5.63. The molecule has 0 saturated heterocycles. The molecule has 0 aliphatic carbocycles. The van der Waals surface area contributed by atoms with Crippen molar-refractivity contribution in [1.29, 1.82) is 0 Å². The first-order chi connectivity index (χ1) is 19.1. The van der Waals surface area contributed by atoms with Crippen LogP contribution in [0.5, 0.6) is 11.5 Å². The van der Waals surface area contributed by atoms with Crippen molar-refractivity contribution in [2.45, 2.75) is 0 Å². The van der Waals surface area contributed by atoms with Crippen LogP contribution in [0.25, 0.3) is 33.4 Å². The summed E-state index contributed by atoms with van der Waals surface area (Å²) in [6.45, 7) is 0. The highest BCUT2D eigenvalue weighted by molar-refractivity contribution is 6.02. The molecule has 0 atom stereocenters. The fourth-order valence-corrected chi connectivity index (χ4v) is 4.30. The summed E-state index contributed by atoms with van der Waals surface area (Å²) in [5.74, 6) is 1.85.